The minimum atomic E-state index is -3.04. The first-order valence-corrected chi connectivity index (χ1v) is 12.1. The summed E-state index contributed by atoms with van der Waals surface area (Å²) in [4.78, 5) is 25.2. The fourth-order valence-corrected chi connectivity index (χ4v) is 5.88. The van der Waals surface area contributed by atoms with Gasteiger partial charge < -0.3 is 18.8 Å². The van der Waals surface area contributed by atoms with Gasteiger partial charge in [-0.3, -0.25) is 4.79 Å². The Hall–Kier alpha value is -2.81. The van der Waals surface area contributed by atoms with Gasteiger partial charge in [0.2, 0.25) is 5.78 Å². The number of ketones is 1. The third kappa shape index (κ3) is 4.46. The van der Waals surface area contributed by atoms with E-state index in [9.17, 15) is 18.0 Å². The zero-order valence-electron chi connectivity index (χ0n) is 17.5. The lowest BCUT2D eigenvalue weighted by Gasteiger charge is -2.16. The van der Waals surface area contributed by atoms with E-state index in [4.69, 9.17) is 14.2 Å². The van der Waals surface area contributed by atoms with Gasteiger partial charge in [-0.05, 0) is 44.5 Å². The van der Waals surface area contributed by atoms with Gasteiger partial charge in [0, 0.05) is 29.4 Å². The van der Waals surface area contributed by atoms with Gasteiger partial charge in [-0.15, -0.1) is 0 Å². The van der Waals surface area contributed by atoms with Crippen LogP contribution in [-0.4, -0.2) is 56.1 Å². The molecule has 0 aliphatic carbocycles. The molecule has 8 nitrogen and oxygen atoms in total. The summed E-state index contributed by atoms with van der Waals surface area (Å²) in [6.07, 6.45) is 1.29. The van der Waals surface area contributed by atoms with Crippen molar-refractivity contribution in [3.8, 4) is 11.5 Å². The molecule has 166 valence electrons. The van der Waals surface area contributed by atoms with E-state index in [2.05, 4.69) is 0 Å². The maximum atomic E-state index is 12.7. The molecule has 1 aromatic carbocycles. The molecular formula is C22H25NO7S. The van der Waals surface area contributed by atoms with Crippen molar-refractivity contribution in [3.63, 3.8) is 0 Å². The first-order valence-electron chi connectivity index (χ1n) is 10.2. The van der Waals surface area contributed by atoms with Crippen LogP contribution in [-0.2, 0) is 14.6 Å². The number of aromatic nitrogens is 1. The van der Waals surface area contributed by atoms with E-state index in [0.717, 1.165) is 12.1 Å². The second-order valence-electron chi connectivity index (χ2n) is 7.92. The molecule has 0 amide bonds. The van der Waals surface area contributed by atoms with E-state index in [1.165, 1.54) is 0 Å². The SMILES string of the molecule is Cc1cc(C(=O)COC(=O)c2ccc3c(c2)OCCCO3)c(C)n1C1CCS(=O)(=O)C1. The summed E-state index contributed by atoms with van der Waals surface area (Å²) in [5.74, 6) is 0.337. The molecule has 0 bridgehead atoms. The number of fused-ring (bicyclic) bond motifs is 1. The molecule has 1 aromatic heterocycles. The number of carbonyl (C=O) groups is 2. The largest absolute Gasteiger partial charge is 0.490 e. The van der Waals surface area contributed by atoms with Crippen molar-refractivity contribution in [3.05, 3.63) is 46.8 Å². The van der Waals surface area contributed by atoms with Gasteiger partial charge in [0.25, 0.3) is 0 Å². The first-order chi connectivity index (χ1) is 14.7. The number of nitrogens with zero attached hydrogens (tertiary/aromatic N) is 1. The number of rotatable bonds is 5. The Kier molecular flexibility index (Phi) is 5.79. The third-order valence-corrected chi connectivity index (χ3v) is 7.43. The van der Waals surface area contributed by atoms with Crippen LogP contribution in [0.4, 0.5) is 0 Å². The van der Waals surface area contributed by atoms with Gasteiger partial charge in [0.1, 0.15) is 0 Å². The first kappa shape index (κ1) is 21.4. The van der Waals surface area contributed by atoms with E-state index in [-0.39, 0.29) is 28.9 Å². The Morgan fingerprint density at radius 1 is 1.13 bits per heavy atom. The van der Waals surface area contributed by atoms with Crippen molar-refractivity contribution < 1.29 is 32.2 Å². The topological polar surface area (TPSA) is 101 Å². The van der Waals surface area contributed by atoms with Gasteiger partial charge in [-0.1, -0.05) is 0 Å². The highest BCUT2D eigenvalue weighted by Crippen LogP contribution is 2.31. The molecule has 4 rings (SSSR count). The minimum absolute atomic E-state index is 0.0795. The number of hydrogen-bond acceptors (Lipinski definition) is 7. The van der Waals surface area contributed by atoms with Gasteiger partial charge in [0.15, 0.2) is 27.9 Å². The van der Waals surface area contributed by atoms with Crippen LogP contribution in [0.2, 0.25) is 0 Å². The van der Waals surface area contributed by atoms with Crippen LogP contribution in [0.15, 0.2) is 24.3 Å². The van der Waals surface area contributed by atoms with E-state index in [1.54, 1.807) is 31.2 Å². The molecule has 9 heteroatoms. The summed E-state index contributed by atoms with van der Waals surface area (Å²) < 4.78 is 42.0. The van der Waals surface area contributed by atoms with Crippen LogP contribution < -0.4 is 9.47 Å². The van der Waals surface area contributed by atoms with Gasteiger partial charge in [0.05, 0.1) is 30.3 Å². The number of aryl methyl sites for hydroxylation is 1. The number of Topliss-reactive ketones (excluding diaryl/α,β-unsaturated/α-hetero) is 1. The number of benzene rings is 1. The number of carbonyl (C=O) groups excluding carboxylic acids is 2. The Labute approximate surface area is 181 Å². The highest BCUT2D eigenvalue weighted by Gasteiger charge is 2.31. The van der Waals surface area contributed by atoms with Crippen LogP contribution in [0, 0.1) is 13.8 Å². The average molecular weight is 448 g/mol. The predicted octanol–water partition coefficient (Wildman–Crippen LogP) is 2.67. The molecule has 0 N–H and O–H groups in total. The summed E-state index contributed by atoms with van der Waals surface area (Å²) in [6, 6.07) is 6.34. The number of sulfone groups is 1. The van der Waals surface area contributed by atoms with Crippen molar-refractivity contribution in [2.45, 2.75) is 32.7 Å². The number of ether oxygens (including phenoxy) is 3. The molecule has 31 heavy (non-hydrogen) atoms. The van der Waals surface area contributed by atoms with E-state index < -0.39 is 22.4 Å². The van der Waals surface area contributed by atoms with Crippen molar-refractivity contribution in [2.75, 3.05) is 31.3 Å². The molecule has 3 heterocycles. The molecule has 1 atom stereocenters. The van der Waals surface area contributed by atoms with Gasteiger partial charge >= 0.3 is 5.97 Å². The summed E-state index contributed by atoms with van der Waals surface area (Å²) in [6.45, 7) is 4.29. The molecule has 2 aromatic rings. The second kappa shape index (κ2) is 8.37. The molecule has 1 fully saturated rings. The molecule has 2 aliphatic rings. The second-order valence-corrected chi connectivity index (χ2v) is 10.2. The fraction of sp³-hybridized carbons (Fsp3) is 0.455. The monoisotopic (exact) mass is 447 g/mol. The summed E-state index contributed by atoms with van der Waals surface area (Å²) in [7, 11) is -3.04. The Morgan fingerprint density at radius 3 is 2.58 bits per heavy atom. The van der Waals surface area contributed by atoms with Crippen molar-refractivity contribution >= 4 is 21.6 Å². The lowest BCUT2D eigenvalue weighted by atomic mass is 10.1. The fourth-order valence-electron chi connectivity index (χ4n) is 4.18. The lowest BCUT2D eigenvalue weighted by molar-refractivity contribution is 0.0474. The maximum absolute atomic E-state index is 12.7. The van der Waals surface area contributed by atoms with Crippen LogP contribution in [0.1, 0.15) is 51.0 Å². The maximum Gasteiger partial charge on any atom is 0.338 e. The summed E-state index contributed by atoms with van der Waals surface area (Å²) in [5.41, 5.74) is 2.22. The van der Waals surface area contributed by atoms with E-state index in [1.807, 2.05) is 11.5 Å². The minimum Gasteiger partial charge on any atom is -0.490 e. The van der Waals surface area contributed by atoms with Crippen molar-refractivity contribution in [1.82, 2.24) is 4.57 Å². The molecular weight excluding hydrogens is 422 g/mol. The summed E-state index contributed by atoms with van der Waals surface area (Å²) >= 11 is 0. The van der Waals surface area contributed by atoms with Crippen LogP contribution in [0.5, 0.6) is 11.5 Å². The lowest BCUT2D eigenvalue weighted by Crippen LogP contribution is -2.17. The predicted molar refractivity (Wildman–Crippen MR) is 113 cm³/mol. The normalized spacial score (nSPS) is 19.6. The standard InChI is InChI=1S/C22H25NO7S/c1-14-10-18(15(2)23(14)17-6-9-31(26,27)13-17)19(24)12-30-22(25)16-4-5-20-21(11-16)29-8-3-7-28-20/h4-5,10-11,17H,3,6-9,12-13H2,1-2H3. The van der Waals surface area contributed by atoms with Crippen LogP contribution >= 0.6 is 0 Å². The number of esters is 1. The highest BCUT2D eigenvalue weighted by molar-refractivity contribution is 7.91. The van der Waals surface area contributed by atoms with Crippen molar-refractivity contribution in [2.24, 2.45) is 0 Å². The van der Waals surface area contributed by atoms with Crippen LogP contribution in [0.3, 0.4) is 0 Å². The quantitative estimate of drug-likeness (QED) is 0.513. The average Bonchev–Trinajstić information content (AvgIpc) is 3.12. The van der Waals surface area contributed by atoms with Crippen molar-refractivity contribution in [1.29, 1.82) is 0 Å². The molecule has 0 spiro atoms. The zero-order valence-corrected chi connectivity index (χ0v) is 18.4. The Morgan fingerprint density at radius 2 is 1.87 bits per heavy atom. The molecule has 0 saturated carbocycles. The highest BCUT2D eigenvalue weighted by atomic mass is 32.2. The molecule has 1 unspecified atom stereocenters. The Bertz CT molecular complexity index is 1130. The molecule has 0 radical (unpaired) electrons. The van der Waals surface area contributed by atoms with Gasteiger partial charge in [-0.2, -0.15) is 0 Å². The zero-order chi connectivity index (χ0) is 22.2. The van der Waals surface area contributed by atoms with E-state index >= 15 is 0 Å². The van der Waals surface area contributed by atoms with Crippen LogP contribution in [0.25, 0.3) is 0 Å². The molecule has 1 saturated heterocycles. The smallest absolute Gasteiger partial charge is 0.338 e. The Balaban J connectivity index is 1.44. The van der Waals surface area contributed by atoms with Gasteiger partial charge in [-0.25, -0.2) is 13.2 Å². The molecule has 2 aliphatic heterocycles. The number of hydrogen-bond donors (Lipinski definition) is 0. The summed E-state index contributed by atoms with van der Waals surface area (Å²) in [5, 5.41) is 0. The third-order valence-electron chi connectivity index (χ3n) is 5.68. The van der Waals surface area contributed by atoms with E-state index in [0.29, 0.717) is 42.4 Å².